The predicted octanol–water partition coefficient (Wildman–Crippen LogP) is 0.942. The lowest BCUT2D eigenvalue weighted by Crippen LogP contribution is -2.38. The fourth-order valence-corrected chi connectivity index (χ4v) is 1.27. The molecular formula is C11H21N3O. The van der Waals surface area contributed by atoms with Crippen LogP contribution in [0.15, 0.2) is 12.4 Å². The number of aliphatic hydroxyl groups is 1. The summed E-state index contributed by atoms with van der Waals surface area (Å²) in [6.07, 6.45) is 4.63. The van der Waals surface area contributed by atoms with Crippen LogP contribution in [0.25, 0.3) is 0 Å². The molecule has 0 saturated heterocycles. The molecule has 4 nitrogen and oxygen atoms in total. The van der Waals surface area contributed by atoms with Crippen LogP contribution in [0.1, 0.15) is 25.8 Å². The zero-order valence-electron chi connectivity index (χ0n) is 9.82. The maximum atomic E-state index is 9.74. The normalized spacial score (nSPS) is 15.2. The molecule has 0 amide bonds. The monoisotopic (exact) mass is 211 g/mol. The molecule has 15 heavy (non-hydrogen) atoms. The standard InChI is InChI=1S/C11H21N3O/c1-4-11(3,15)9-12-5-6-14-8-10(2)7-13-14/h7-8,12,15H,4-6,9H2,1-3H3. The van der Waals surface area contributed by atoms with Crippen molar-refractivity contribution in [3.05, 3.63) is 18.0 Å². The predicted molar refractivity (Wildman–Crippen MR) is 60.7 cm³/mol. The topological polar surface area (TPSA) is 50.1 Å². The van der Waals surface area contributed by atoms with Gasteiger partial charge in [0.25, 0.3) is 0 Å². The number of hydrogen-bond donors (Lipinski definition) is 2. The van der Waals surface area contributed by atoms with Crippen molar-refractivity contribution in [2.45, 2.75) is 39.3 Å². The molecule has 1 aromatic heterocycles. The first kappa shape index (κ1) is 12.2. The molecule has 86 valence electrons. The summed E-state index contributed by atoms with van der Waals surface area (Å²) in [6, 6.07) is 0. The second-order valence-electron chi connectivity index (χ2n) is 4.31. The Balaban J connectivity index is 2.17. The van der Waals surface area contributed by atoms with Crippen LogP contribution in [0, 0.1) is 6.92 Å². The molecule has 1 atom stereocenters. The van der Waals surface area contributed by atoms with Crippen molar-refractivity contribution in [1.82, 2.24) is 15.1 Å². The van der Waals surface area contributed by atoms with Gasteiger partial charge < -0.3 is 10.4 Å². The van der Waals surface area contributed by atoms with Gasteiger partial charge in [-0.3, -0.25) is 4.68 Å². The first-order valence-electron chi connectivity index (χ1n) is 5.45. The van der Waals surface area contributed by atoms with E-state index in [-0.39, 0.29) is 0 Å². The molecule has 0 aliphatic carbocycles. The van der Waals surface area contributed by atoms with Crippen molar-refractivity contribution in [3.8, 4) is 0 Å². The Morgan fingerprint density at radius 1 is 1.60 bits per heavy atom. The molecule has 1 aromatic rings. The Bertz CT molecular complexity index is 294. The number of aromatic nitrogens is 2. The lowest BCUT2D eigenvalue weighted by Gasteiger charge is -2.21. The van der Waals surface area contributed by atoms with Crippen LogP contribution < -0.4 is 5.32 Å². The SMILES string of the molecule is CCC(C)(O)CNCCn1cc(C)cn1. The summed E-state index contributed by atoms with van der Waals surface area (Å²) in [5, 5.41) is 17.1. The minimum Gasteiger partial charge on any atom is -0.389 e. The van der Waals surface area contributed by atoms with E-state index in [1.807, 2.05) is 37.8 Å². The molecule has 0 aliphatic heterocycles. The molecule has 0 bridgehead atoms. The number of nitrogens with zero attached hydrogens (tertiary/aromatic N) is 2. The van der Waals surface area contributed by atoms with Gasteiger partial charge in [0.1, 0.15) is 0 Å². The second-order valence-corrected chi connectivity index (χ2v) is 4.31. The molecule has 1 unspecified atom stereocenters. The van der Waals surface area contributed by atoms with Crippen molar-refractivity contribution in [3.63, 3.8) is 0 Å². The quantitative estimate of drug-likeness (QED) is 0.689. The zero-order valence-corrected chi connectivity index (χ0v) is 9.82. The van der Waals surface area contributed by atoms with Crippen molar-refractivity contribution in [2.75, 3.05) is 13.1 Å². The first-order chi connectivity index (χ1) is 7.03. The highest BCUT2D eigenvalue weighted by atomic mass is 16.3. The van der Waals surface area contributed by atoms with Crippen LogP contribution >= 0.6 is 0 Å². The third-order valence-electron chi connectivity index (χ3n) is 2.55. The largest absolute Gasteiger partial charge is 0.389 e. The molecule has 1 heterocycles. The summed E-state index contributed by atoms with van der Waals surface area (Å²) in [4.78, 5) is 0. The van der Waals surface area contributed by atoms with Crippen LogP contribution in [-0.4, -0.2) is 33.6 Å². The van der Waals surface area contributed by atoms with Gasteiger partial charge in [0.2, 0.25) is 0 Å². The van der Waals surface area contributed by atoms with Crippen molar-refractivity contribution >= 4 is 0 Å². The Morgan fingerprint density at radius 2 is 2.33 bits per heavy atom. The summed E-state index contributed by atoms with van der Waals surface area (Å²) in [6.45, 7) is 8.16. The Kier molecular flexibility index (Phi) is 4.29. The third-order valence-corrected chi connectivity index (χ3v) is 2.55. The molecule has 0 aromatic carbocycles. The van der Waals surface area contributed by atoms with Crippen LogP contribution in [0.2, 0.25) is 0 Å². The average Bonchev–Trinajstić information content (AvgIpc) is 2.59. The molecule has 0 aliphatic rings. The van der Waals surface area contributed by atoms with E-state index in [0.29, 0.717) is 6.54 Å². The smallest absolute Gasteiger partial charge is 0.0741 e. The molecule has 0 radical (unpaired) electrons. The molecule has 2 N–H and O–H groups in total. The fraction of sp³-hybridized carbons (Fsp3) is 0.727. The maximum absolute atomic E-state index is 9.74. The van der Waals surface area contributed by atoms with E-state index in [2.05, 4.69) is 10.4 Å². The van der Waals surface area contributed by atoms with Crippen LogP contribution in [0.3, 0.4) is 0 Å². The lowest BCUT2D eigenvalue weighted by molar-refractivity contribution is 0.0558. The molecule has 0 spiro atoms. The van der Waals surface area contributed by atoms with Gasteiger partial charge in [-0.25, -0.2) is 0 Å². The number of hydrogen-bond acceptors (Lipinski definition) is 3. The summed E-state index contributed by atoms with van der Waals surface area (Å²) < 4.78 is 1.91. The van der Waals surface area contributed by atoms with Gasteiger partial charge >= 0.3 is 0 Å². The molecule has 4 heteroatoms. The van der Waals surface area contributed by atoms with E-state index in [4.69, 9.17) is 0 Å². The van der Waals surface area contributed by atoms with Gasteiger partial charge in [0.05, 0.1) is 18.3 Å². The van der Waals surface area contributed by atoms with E-state index in [1.54, 1.807) is 0 Å². The van der Waals surface area contributed by atoms with E-state index >= 15 is 0 Å². The summed E-state index contributed by atoms with van der Waals surface area (Å²) in [5.41, 5.74) is 0.579. The van der Waals surface area contributed by atoms with Gasteiger partial charge in [-0.1, -0.05) is 6.92 Å². The van der Waals surface area contributed by atoms with E-state index in [9.17, 15) is 5.11 Å². The Labute approximate surface area is 91.3 Å². The van der Waals surface area contributed by atoms with Crippen molar-refractivity contribution in [1.29, 1.82) is 0 Å². The third kappa shape index (κ3) is 4.44. The summed E-state index contributed by atoms with van der Waals surface area (Å²) in [7, 11) is 0. The van der Waals surface area contributed by atoms with Gasteiger partial charge in [-0.05, 0) is 25.8 Å². The van der Waals surface area contributed by atoms with E-state index < -0.39 is 5.60 Å². The summed E-state index contributed by atoms with van der Waals surface area (Å²) >= 11 is 0. The van der Waals surface area contributed by atoms with Gasteiger partial charge in [-0.2, -0.15) is 5.10 Å². The van der Waals surface area contributed by atoms with Crippen molar-refractivity contribution in [2.24, 2.45) is 0 Å². The molecule has 0 saturated carbocycles. The molecule has 1 rings (SSSR count). The highest BCUT2D eigenvalue weighted by molar-refractivity contribution is 4.99. The maximum Gasteiger partial charge on any atom is 0.0741 e. The highest BCUT2D eigenvalue weighted by Crippen LogP contribution is 2.05. The van der Waals surface area contributed by atoms with Crippen molar-refractivity contribution < 1.29 is 5.11 Å². The number of aryl methyl sites for hydroxylation is 1. The average molecular weight is 211 g/mol. The minimum absolute atomic E-state index is 0.597. The van der Waals surface area contributed by atoms with Crippen LogP contribution in [0.4, 0.5) is 0 Å². The summed E-state index contributed by atoms with van der Waals surface area (Å²) in [5.74, 6) is 0. The Hall–Kier alpha value is -0.870. The number of nitrogens with one attached hydrogen (secondary N) is 1. The first-order valence-corrected chi connectivity index (χ1v) is 5.45. The molecular weight excluding hydrogens is 190 g/mol. The minimum atomic E-state index is -0.597. The zero-order chi connectivity index (χ0) is 11.3. The number of rotatable bonds is 6. The second kappa shape index (κ2) is 5.28. The lowest BCUT2D eigenvalue weighted by atomic mass is 10.0. The van der Waals surface area contributed by atoms with Crippen LogP contribution in [0.5, 0.6) is 0 Å². The van der Waals surface area contributed by atoms with E-state index in [1.165, 1.54) is 5.56 Å². The van der Waals surface area contributed by atoms with E-state index in [0.717, 1.165) is 19.5 Å². The highest BCUT2D eigenvalue weighted by Gasteiger charge is 2.15. The van der Waals surface area contributed by atoms with Gasteiger partial charge in [-0.15, -0.1) is 0 Å². The Morgan fingerprint density at radius 3 is 2.87 bits per heavy atom. The van der Waals surface area contributed by atoms with Crippen LogP contribution in [-0.2, 0) is 6.54 Å². The fourth-order valence-electron chi connectivity index (χ4n) is 1.27. The molecule has 0 fully saturated rings. The van der Waals surface area contributed by atoms with Gasteiger partial charge in [0, 0.05) is 19.3 Å². The van der Waals surface area contributed by atoms with Gasteiger partial charge in [0.15, 0.2) is 0 Å².